The SMILES string of the molecule is CCCCC(=O)Nc1ccc(SC(C)C(=O)Nc2nc(-c3ccc4ccccc4c3)cs2)cc1. The number of hydrogen-bond acceptors (Lipinski definition) is 5. The van der Waals surface area contributed by atoms with Crippen molar-refractivity contribution in [3.8, 4) is 11.3 Å². The van der Waals surface area contributed by atoms with Crippen molar-refractivity contribution in [1.82, 2.24) is 4.98 Å². The van der Waals surface area contributed by atoms with E-state index in [9.17, 15) is 9.59 Å². The topological polar surface area (TPSA) is 71.1 Å². The van der Waals surface area contributed by atoms with Crippen LogP contribution in [-0.4, -0.2) is 22.0 Å². The highest BCUT2D eigenvalue weighted by Gasteiger charge is 2.17. The fraction of sp³-hybridized carbons (Fsp3) is 0.222. The molecule has 0 aliphatic rings. The van der Waals surface area contributed by atoms with E-state index in [1.54, 1.807) is 0 Å². The normalized spacial score (nSPS) is 11.8. The second kappa shape index (κ2) is 11.3. The maximum absolute atomic E-state index is 12.7. The maximum Gasteiger partial charge on any atom is 0.239 e. The van der Waals surface area contributed by atoms with Crippen LogP contribution in [0, 0.1) is 0 Å². The molecule has 7 heteroatoms. The van der Waals surface area contributed by atoms with Crippen LogP contribution in [0.3, 0.4) is 0 Å². The van der Waals surface area contributed by atoms with Gasteiger partial charge in [-0.2, -0.15) is 0 Å². The number of thioether (sulfide) groups is 1. The van der Waals surface area contributed by atoms with Gasteiger partial charge >= 0.3 is 0 Å². The number of nitrogens with one attached hydrogen (secondary N) is 2. The van der Waals surface area contributed by atoms with Gasteiger partial charge in [-0.25, -0.2) is 4.98 Å². The molecule has 0 spiro atoms. The number of benzene rings is 3. The smallest absolute Gasteiger partial charge is 0.239 e. The summed E-state index contributed by atoms with van der Waals surface area (Å²) in [5, 5.41) is 10.4. The van der Waals surface area contributed by atoms with Gasteiger partial charge in [-0.15, -0.1) is 23.1 Å². The molecule has 3 aromatic carbocycles. The predicted molar refractivity (Wildman–Crippen MR) is 144 cm³/mol. The molecule has 0 saturated heterocycles. The number of carbonyl (C=O) groups excluding carboxylic acids is 2. The van der Waals surface area contributed by atoms with E-state index in [4.69, 9.17) is 0 Å². The summed E-state index contributed by atoms with van der Waals surface area (Å²) in [4.78, 5) is 30.2. The highest BCUT2D eigenvalue weighted by Crippen LogP contribution is 2.29. The molecule has 174 valence electrons. The van der Waals surface area contributed by atoms with Gasteiger partial charge in [-0.1, -0.05) is 49.7 Å². The standard InChI is InChI=1S/C27H27N3O2S2/c1-3-4-9-25(31)28-22-12-14-23(15-13-22)34-18(2)26(32)30-27-29-24(17-33-27)21-11-10-19-7-5-6-8-20(19)16-21/h5-8,10-18H,3-4,9H2,1-2H3,(H,28,31)(H,29,30,32). The van der Waals surface area contributed by atoms with Gasteiger partial charge in [0.25, 0.3) is 0 Å². The number of aromatic nitrogens is 1. The van der Waals surface area contributed by atoms with Crippen LogP contribution < -0.4 is 10.6 Å². The maximum atomic E-state index is 12.7. The summed E-state index contributed by atoms with van der Waals surface area (Å²) >= 11 is 2.89. The van der Waals surface area contributed by atoms with Gasteiger partial charge in [-0.05, 0) is 54.4 Å². The van der Waals surface area contributed by atoms with Gasteiger partial charge in [-0.3, -0.25) is 9.59 Å². The molecule has 4 aromatic rings. The third kappa shape index (κ3) is 6.24. The minimum Gasteiger partial charge on any atom is -0.326 e. The van der Waals surface area contributed by atoms with E-state index in [0.717, 1.165) is 40.1 Å². The molecule has 0 aliphatic carbocycles. The Balaban J connectivity index is 1.33. The van der Waals surface area contributed by atoms with Crippen molar-refractivity contribution in [1.29, 1.82) is 0 Å². The Hall–Kier alpha value is -3.16. The summed E-state index contributed by atoms with van der Waals surface area (Å²) in [6.07, 6.45) is 2.41. The third-order valence-electron chi connectivity index (χ3n) is 5.36. The Labute approximate surface area is 208 Å². The van der Waals surface area contributed by atoms with Crippen molar-refractivity contribution in [3.05, 3.63) is 72.1 Å². The van der Waals surface area contributed by atoms with Crippen LogP contribution in [0.5, 0.6) is 0 Å². The second-order valence-electron chi connectivity index (χ2n) is 8.03. The van der Waals surface area contributed by atoms with Crippen LogP contribution in [0.1, 0.15) is 33.1 Å². The Morgan fingerprint density at radius 2 is 1.76 bits per heavy atom. The number of thiazole rings is 1. The molecule has 0 radical (unpaired) electrons. The molecule has 0 aliphatic heterocycles. The van der Waals surface area contributed by atoms with Crippen LogP contribution in [0.4, 0.5) is 10.8 Å². The van der Waals surface area contributed by atoms with Gasteiger partial charge in [0.05, 0.1) is 10.9 Å². The summed E-state index contributed by atoms with van der Waals surface area (Å²) < 4.78 is 0. The lowest BCUT2D eigenvalue weighted by molar-refractivity contribution is -0.116. The zero-order valence-electron chi connectivity index (χ0n) is 19.2. The summed E-state index contributed by atoms with van der Waals surface area (Å²) in [5.74, 6) is -0.0668. The quantitative estimate of drug-likeness (QED) is 0.244. The predicted octanol–water partition coefficient (Wildman–Crippen LogP) is 7.21. The van der Waals surface area contributed by atoms with Gasteiger partial charge in [0.1, 0.15) is 0 Å². The lowest BCUT2D eigenvalue weighted by Crippen LogP contribution is -2.22. The first-order chi connectivity index (χ1) is 16.5. The highest BCUT2D eigenvalue weighted by atomic mass is 32.2. The summed E-state index contributed by atoms with van der Waals surface area (Å²) in [6.45, 7) is 3.94. The molecule has 1 aromatic heterocycles. The molecule has 2 N–H and O–H groups in total. The van der Waals surface area contributed by atoms with Gasteiger partial charge in [0.2, 0.25) is 11.8 Å². The van der Waals surface area contributed by atoms with Gasteiger partial charge < -0.3 is 10.6 Å². The molecule has 0 saturated carbocycles. The van der Waals surface area contributed by atoms with Crippen LogP contribution in [-0.2, 0) is 9.59 Å². The van der Waals surface area contributed by atoms with E-state index in [1.165, 1.54) is 28.5 Å². The van der Waals surface area contributed by atoms with Gasteiger partial charge in [0.15, 0.2) is 5.13 Å². The van der Waals surface area contributed by atoms with Crippen molar-refractivity contribution in [3.63, 3.8) is 0 Å². The van der Waals surface area contributed by atoms with Crippen molar-refractivity contribution in [2.75, 3.05) is 10.6 Å². The van der Waals surface area contributed by atoms with E-state index in [-0.39, 0.29) is 17.1 Å². The molecule has 2 amide bonds. The Morgan fingerprint density at radius 3 is 2.53 bits per heavy atom. The Bertz CT molecular complexity index is 1280. The molecule has 1 unspecified atom stereocenters. The van der Waals surface area contributed by atoms with Crippen molar-refractivity contribution in [2.24, 2.45) is 0 Å². The van der Waals surface area contributed by atoms with E-state index >= 15 is 0 Å². The number of nitrogens with zero attached hydrogens (tertiary/aromatic N) is 1. The first-order valence-electron chi connectivity index (χ1n) is 11.3. The van der Waals surface area contributed by atoms with Crippen LogP contribution in [0.15, 0.2) is 77.0 Å². The molecule has 5 nitrogen and oxygen atoms in total. The zero-order valence-corrected chi connectivity index (χ0v) is 20.8. The first-order valence-corrected chi connectivity index (χ1v) is 13.1. The summed E-state index contributed by atoms with van der Waals surface area (Å²) in [6, 6.07) is 22.1. The minimum absolute atomic E-state index is 0.0292. The van der Waals surface area contributed by atoms with Crippen LogP contribution in [0.2, 0.25) is 0 Å². The monoisotopic (exact) mass is 489 g/mol. The van der Waals surface area contributed by atoms with Crippen molar-refractivity contribution >= 4 is 56.5 Å². The molecule has 4 rings (SSSR count). The fourth-order valence-electron chi connectivity index (χ4n) is 3.45. The van der Waals surface area contributed by atoms with Crippen LogP contribution >= 0.6 is 23.1 Å². The minimum atomic E-state index is -0.294. The molecular formula is C27H27N3O2S2. The van der Waals surface area contributed by atoms with Gasteiger partial charge in [0, 0.05) is 27.9 Å². The lowest BCUT2D eigenvalue weighted by Gasteiger charge is -2.11. The molecule has 0 fully saturated rings. The number of unbranched alkanes of at least 4 members (excludes halogenated alkanes) is 1. The average Bonchev–Trinajstić information content (AvgIpc) is 3.32. The molecule has 34 heavy (non-hydrogen) atoms. The summed E-state index contributed by atoms with van der Waals surface area (Å²) in [7, 11) is 0. The number of fused-ring (bicyclic) bond motifs is 1. The average molecular weight is 490 g/mol. The molecule has 1 heterocycles. The number of carbonyl (C=O) groups is 2. The molecule has 1 atom stereocenters. The Kier molecular flexibility index (Phi) is 7.98. The number of rotatable bonds is 9. The fourth-order valence-corrected chi connectivity index (χ4v) is 5.04. The summed E-state index contributed by atoms with van der Waals surface area (Å²) in [5.41, 5.74) is 2.65. The van der Waals surface area contributed by atoms with E-state index < -0.39 is 0 Å². The molecular weight excluding hydrogens is 462 g/mol. The van der Waals surface area contributed by atoms with Crippen molar-refractivity contribution < 1.29 is 9.59 Å². The third-order valence-corrected chi connectivity index (χ3v) is 7.23. The largest absolute Gasteiger partial charge is 0.326 e. The van der Waals surface area contributed by atoms with E-state index in [1.807, 2.05) is 48.7 Å². The number of hydrogen-bond donors (Lipinski definition) is 2. The van der Waals surface area contributed by atoms with E-state index in [0.29, 0.717) is 11.6 Å². The molecule has 0 bridgehead atoms. The highest BCUT2D eigenvalue weighted by molar-refractivity contribution is 8.00. The zero-order chi connectivity index (χ0) is 23.9. The Morgan fingerprint density at radius 1 is 1.00 bits per heavy atom. The second-order valence-corrected chi connectivity index (χ2v) is 10.3. The number of amides is 2. The lowest BCUT2D eigenvalue weighted by atomic mass is 10.1. The van der Waals surface area contributed by atoms with Crippen molar-refractivity contribution in [2.45, 2.75) is 43.3 Å². The van der Waals surface area contributed by atoms with E-state index in [2.05, 4.69) is 52.9 Å². The number of anilines is 2. The van der Waals surface area contributed by atoms with Crippen LogP contribution in [0.25, 0.3) is 22.0 Å². The first kappa shape index (κ1) is 24.0.